The van der Waals surface area contributed by atoms with Gasteiger partial charge in [-0.3, -0.25) is 4.79 Å². The minimum Gasteiger partial charge on any atom is -0.335 e. The van der Waals surface area contributed by atoms with Crippen LogP contribution in [-0.2, 0) is 0 Å². The normalized spacial score (nSPS) is 11.1. The van der Waals surface area contributed by atoms with E-state index in [1.807, 2.05) is 36.4 Å². The van der Waals surface area contributed by atoms with Crippen LogP contribution >= 0.6 is 0 Å². The topological polar surface area (TPSA) is 45.8 Å². The van der Waals surface area contributed by atoms with E-state index in [4.69, 9.17) is 0 Å². The van der Waals surface area contributed by atoms with Crippen molar-refractivity contribution in [2.45, 2.75) is 6.92 Å². The highest BCUT2D eigenvalue weighted by molar-refractivity contribution is 5.99. The molecule has 16 heavy (non-hydrogen) atoms. The lowest BCUT2D eigenvalue weighted by Gasteiger charge is -1.95. The van der Waals surface area contributed by atoms with E-state index in [0.29, 0.717) is 5.82 Å². The molecule has 3 heteroatoms. The number of benzene rings is 2. The van der Waals surface area contributed by atoms with Crippen molar-refractivity contribution < 1.29 is 4.79 Å². The standard InChI is InChI=1S/C13H10N2O/c1-8(16)13-14-11-6-9-4-2-3-5-10(9)7-12(11)15-13/h2-7H,1H3,(H,14,15). The molecule has 0 spiro atoms. The Labute approximate surface area is 92.1 Å². The molecular weight excluding hydrogens is 200 g/mol. The van der Waals surface area contributed by atoms with Crippen LogP contribution in [0.15, 0.2) is 36.4 Å². The van der Waals surface area contributed by atoms with Gasteiger partial charge in [0.25, 0.3) is 0 Å². The molecule has 0 amide bonds. The first-order chi connectivity index (χ1) is 7.74. The van der Waals surface area contributed by atoms with E-state index in [2.05, 4.69) is 9.97 Å². The van der Waals surface area contributed by atoms with E-state index >= 15 is 0 Å². The molecule has 3 aromatic rings. The van der Waals surface area contributed by atoms with Gasteiger partial charge in [0, 0.05) is 6.92 Å². The van der Waals surface area contributed by atoms with E-state index < -0.39 is 0 Å². The lowest BCUT2D eigenvalue weighted by molar-refractivity contribution is 0.100. The molecule has 1 heterocycles. The summed E-state index contributed by atoms with van der Waals surface area (Å²) in [4.78, 5) is 18.5. The SMILES string of the molecule is CC(=O)c1nc2cc3ccccc3cc2[nH]1. The minimum atomic E-state index is -0.0414. The van der Waals surface area contributed by atoms with E-state index in [-0.39, 0.29) is 5.78 Å². The van der Waals surface area contributed by atoms with E-state index in [0.717, 1.165) is 21.8 Å². The first kappa shape index (κ1) is 9.09. The van der Waals surface area contributed by atoms with Gasteiger partial charge in [0.05, 0.1) is 11.0 Å². The molecule has 3 nitrogen and oxygen atoms in total. The van der Waals surface area contributed by atoms with Crippen molar-refractivity contribution in [2.24, 2.45) is 0 Å². The Morgan fingerprint density at radius 2 is 1.88 bits per heavy atom. The zero-order valence-corrected chi connectivity index (χ0v) is 8.82. The van der Waals surface area contributed by atoms with Gasteiger partial charge in [-0.05, 0) is 22.9 Å². The maximum atomic E-state index is 11.2. The van der Waals surface area contributed by atoms with E-state index in [1.165, 1.54) is 6.92 Å². The number of nitrogens with one attached hydrogen (secondary N) is 1. The van der Waals surface area contributed by atoms with Crippen molar-refractivity contribution in [2.75, 3.05) is 0 Å². The number of Topliss-reactive ketones (excluding diaryl/α,β-unsaturated/α-hetero) is 1. The molecule has 1 N–H and O–H groups in total. The summed E-state index contributed by atoms with van der Waals surface area (Å²) < 4.78 is 0. The monoisotopic (exact) mass is 210 g/mol. The van der Waals surface area contributed by atoms with Gasteiger partial charge in [0.1, 0.15) is 0 Å². The molecule has 0 aliphatic rings. The first-order valence-corrected chi connectivity index (χ1v) is 5.13. The average molecular weight is 210 g/mol. The largest absolute Gasteiger partial charge is 0.335 e. The van der Waals surface area contributed by atoms with Crippen LogP contribution in [0.2, 0.25) is 0 Å². The van der Waals surface area contributed by atoms with Gasteiger partial charge in [0.2, 0.25) is 0 Å². The summed E-state index contributed by atoms with van der Waals surface area (Å²) in [6, 6.07) is 12.1. The number of aromatic amines is 1. The van der Waals surface area contributed by atoms with Crippen LogP contribution in [0.3, 0.4) is 0 Å². The molecule has 78 valence electrons. The van der Waals surface area contributed by atoms with Crippen molar-refractivity contribution in [3.05, 3.63) is 42.2 Å². The van der Waals surface area contributed by atoms with Crippen molar-refractivity contribution in [1.29, 1.82) is 0 Å². The number of imidazole rings is 1. The number of hydrogen-bond donors (Lipinski definition) is 1. The maximum Gasteiger partial charge on any atom is 0.195 e. The average Bonchev–Trinajstić information content (AvgIpc) is 2.68. The molecular formula is C13H10N2O. The van der Waals surface area contributed by atoms with Gasteiger partial charge >= 0.3 is 0 Å². The quantitative estimate of drug-likeness (QED) is 0.627. The molecule has 1 aromatic heterocycles. The molecule has 3 rings (SSSR count). The van der Waals surface area contributed by atoms with Gasteiger partial charge < -0.3 is 4.98 Å². The third kappa shape index (κ3) is 1.29. The number of carbonyl (C=O) groups excluding carboxylic acids is 1. The van der Waals surface area contributed by atoms with Crippen LogP contribution in [0.4, 0.5) is 0 Å². The summed E-state index contributed by atoms with van der Waals surface area (Å²) in [5.74, 6) is 0.380. The number of nitrogens with zero attached hydrogens (tertiary/aromatic N) is 1. The van der Waals surface area contributed by atoms with Crippen LogP contribution in [0, 0.1) is 0 Å². The minimum absolute atomic E-state index is 0.0414. The summed E-state index contributed by atoms with van der Waals surface area (Å²) in [5.41, 5.74) is 1.74. The summed E-state index contributed by atoms with van der Waals surface area (Å²) in [6.45, 7) is 1.51. The summed E-state index contributed by atoms with van der Waals surface area (Å²) in [5, 5.41) is 2.28. The molecule has 0 fully saturated rings. The highest BCUT2D eigenvalue weighted by Crippen LogP contribution is 2.21. The Kier molecular flexibility index (Phi) is 1.80. The summed E-state index contributed by atoms with van der Waals surface area (Å²) >= 11 is 0. The summed E-state index contributed by atoms with van der Waals surface area (Å²) in [6.07, 6.45) is 0. The number of carbonyl (C=O) groups is 1. The Hall–Kier alpha value is -2.16. The van der Waals surface area contributed by atoms with Crippen LogP contribution in [-0.4, -0.2) is 15.8 Å². The van der Waals surface area contributed by atoms with Crippen molar-refractivity contribution in [3.63, 3.8) is 0 Å². The summed E-state index contributed by atoms with van der Waals surface area (Å²) in [7, 11) is 0. The van der Waals surface area contributed by atoms with E-state index in [1.54, 1.807) is 0 Å². The molecule has 0 bridgehead atoms. The lowest BCUT2D eigenvalue weighted by Crippen LogP contribution is -1.93. The fraction of sp³-hybridized carbons (Fsp3) is 0.0769. The molecule has 0 atom stereocenters. The predicted octanol–water partition coefficient (Wildman–Crippen LogP) is 2.92. The number of fused-ring (bicyclic) bond motifs is 2. The first-order valence-electron chi connectivity index (χ1n) is 5.13. The molecule has 2 aromatic carbocycles. The third-order valence-electron chi connectivity index (χ3n) is 2.68. The molecule has 0 aliphatic heterocycles. The Bertz CT molecular complexity index is 645. The molecule has 0 aliphatic carbocycles. The zero-order valence-electron chi connectivity index (χ0n) is 8.82. The van der Waals surface area contributed by atoms with Gasteiger partial charge in [0.15, 0.2) is 11.6 Å². The fourth-order valence-electron chi connectivity index (χ4n) is 1.86. The number of aromatic nitrogens is 2. The second-order valence-corrected chi connectivity index (χ2v) is 3.86. The van der Waals surface area contributed by atoms with Gasteiger partial charge in [-0.25, -0.2) is 4.98 Å². The number of H-pyrrole nitrogens is 1. The van der Waals surface area contributed by atoms with Crippen LogP contribution in [0.25, 0.3) is 21.8 Å². The second-order valence-electron chi connectivity index (χ2n) is 3.86. The van der Waals surface area contributed by atoms with Gasteiger partial charge in [-0.15, -0.1) is 0 Å². The molecule has 0 saturated carbocycles. The molecule has 0 radical (unpaired) electrons. The zero-order chi connectivity index (χ0) is 11.1. The van der Waals surface area contributed by atoms with Crippen LogP contribution in [0.5, 0.6) is 0 Å². The Balaban J connectivity index is 2.38. The molecule has 0 saturated heterocycles. The van der Waals surface area contributed by atoms with Crippen molar-refractivity contribution in [3.8, 4) is 0 Å². The predicted molar refractivity (Wildman–Crippen MR) is 63.6 cm³/mol. The van der Waals surface area contributed by atoms with E-state index in [9.17, 15) is 4.79 Å². The smallest absolute Gasteiger partial charge is 0.195 e. The second kappa shape index (κ2) is 3.17. The number of rotatable bonds is 1. The lowest BCUT2D eigenvalue weighted by atomic mass is 10.1. The number of hydrogen-bond acceptors (Lipinski definition) is 2. The fourth-order valence-corrected chi connectivity index (χ4v) is 1.86. The van der Waals surface area contributed by atoms with Crippen LogP contribution < -0.4 is 0 Å². The third-order valence-corrected chi connectivity index (χ3v) is 2.68. The van der Waals surface area contributed by atoms with Gasteiger partial charge in [-0.2, -0.15) is 0 Å². The maximum absolute atomic E-state index is 11.2. The van der Waals surface area contributed by atoms with Crippen LogP contribution in [0.1, 0.15) is 17.5 Å². The number of ketones is 1. The molecule has 0 unspecified atom stereocenters. The van der Waals surface area contributed by atoms with Crippen molar-refractivity contribution >= 4 is 27.6 Å². The highest BCUT2D eigenvalue weighted by atomic mass is 16.1. The van der Waals surface area contributed by atoms with Crippen molar-refractivity contribution in [1.82, 2.24) is 9.97 Å². The van der Waals surface area contributed by atoms with Gasteiger partial charge in [-0.1, -0.05) is 24.3 Å². The Morgan fingerprint density at radius 1 is 1.19 bits per heavy atom. The Morgan fingerprint density at radius 3 is 2.56 bits per heavy atom. The highest BCUT2D eigenvalue weighted by Gasteiger charge is 2.07.